The van der Waals surface area contributed by atoms with Gasteiger partial charge in [0, 0.05) is 4.47 Å². The number of sulfonamides is 1. The predicted molar refractivity (Wildman–Crippen MR) is 85.2 cm³/mol. The van der Waals surface area contributed by atoms with E-state index >= 15 is 0 Å². The van der Waals surface area contributed by atoms with Gasteiger partial charge in [-0.2, -0.15) is 0 Å². The first-order valence-electron chi connectivity index (χ1n) is 5.97. The van der Waals surface area contributed by atoms with E-state index < -0.39 is 16.0 Å². The van der Waals surface area contributed by atoms with Crippen LogP contribution in [0.3, 0.4) is 0 Å². The van der Waals surface area contributed by atoms with Crippen molar-refractivity contribution in [1.82, 2.24) is 0 Å². The van der Waals surface area contributed by atoms with Gasteiger partial charge in [-0.15, -0.1) is 11.3 Å². The maximum Gasteiger partial charge on any atom is 0.341 e. The van der Waals surface area contributed by atoms with Crippen molar-refractivity contribution in [3.63, 3.8) is 0 Å². The molecule has 0 bridgehead atoms. The van der Waals surface area contributed by atoms with Crippen molar-refractivity contribution in [1.29, 1.82) is 0 Å². The minimum absolute atomic E-state index is 0.119. The summed E-state index contributed by atoms with van der Waals surface area (Å²) in [6, 6.07) is 7.75. The van der Waals surface area contributed by atoms with Gasteiger partial charge >= 0.3 is 5.97 Å². The summed E-state index contributed by atoms with van der Waals surface area (Å²) in [4.78, 5) is 11.9. The van der Waals surface area contributed by atoms with Crippen LogP contribution in [-0.2, 0) is 14.8 Å². The fraction of sp³-hybridized carbons (Fsp3) is 0.154. The standard InChI is InChI=1S/C13H12BrNO4S2/c1-2-19-13(16)11-7-8-20-12(11)15-21(17,18)10-5-3-9(14)4-6-10/h3-8,15H,2H2,1H3. The fourth-order valence-electron chi connectivity index (χ4n) is 1.55. The number of anilines is 1. The number of carbonyl (C=O) groups is 1. The van der Waals surface area contributed by atoms with Crippen LogP contribution < -0.4 is 4.72 Å². The second-order valence-corrected chi connectivity index (χ2v) is 7.46. The van der Waals surface area contributed by atoms with Gasteiger partial charge in [0.25, 0.3) is 10.0 Å². The van der Waals surface area contributed by atoms with Gasteiger partial charge in [0.2, 0.25) is 0 Å². The zero-order valence-electron chi connectivity index (χ0n) is 11.0. The van der Waals surface area contributed by atoms with E-state index in [4.69, 9.17) is 4.74 Å². The predicted octanol–water partition coefficient (Wildman–Crippen LogP) is 3.49. The van der Waals surface area contributed by atoms with Crippen molar-refractivity contribution in [2.24, 2.45) is 0 Å². The number of rotatable bonds is 5. The van der Waals surface area contributed by atoms with Crippen LogP contribution in [0.15, 0.2) is 45.1 Å². The number of halogens is 1. The smallest absolute Gasteiger partial charge is 0.341 e. The van der Waals surface area contributed by atoms with Crippen LogP contribution in [-0.4, -0.2) is 21.0 Å². The van der Waals surface area contributed by atoms with Crippen molar-refractivity contribution in [2.45, 2.75) is 11.8 Å². The third-order valence-electron chi connectivity index (χ3n) is 2.51. The van der Waals surface area contributed by atoms with Gasteiger partial charge in [-0.25, -0.2) is 13.2 Å². The van der Waals surface area contributed by atoms with Gasteiger partial charge in [-0.3, -0.25) is 4.72 Å². The van der Waals surface area contributed by atoms with Gasteiger partial charge in [0.05, 0.1) is 17.1 Å². The minimum atomic E-state index is -3.74. The Hall–Kier alpha value is -1.38. The van der Waals surface area contributed by atoms with Crippen LogP contribution in [0.4, 0.5) is 5.00 Å². The first-order valence-corrected chi connectivity index (χ1v) is 9.12. The topological polar surface area (TPSA) is 72.5 Å². The van der Waals surface area contributed by atoms with Crippen LogP contribution in [0, 0.1) is 0 Å². The van der Waals surface area contributed by atoms with Crippen LogP contribution in [0.1, 0.15) is 17.3 Å². The summed E-state index contributed by atoms with van der Waals surface area (Å²) in [5.41, 5.74) is 0.211. The van der Waals surface area contributed by atoms with E-state index in [2.05, 4.69) is 20.7 Å². The number of thiophene rings is 1. The van der Waals surface area contributed by atoms with E-state index in [1.165, 1.54) is 18.2 Å². The largest absolute Gasteiger partial charge is 0.462 e. The highest BCUT2D eigenvalue weighted by molar-refractivity contribution is 9.10. The van der Waals surface area contributed by atoms with Crippen molar-refractivity contribution < 1.29 is 17.9 Å². The normalized spacial score (nSPS) is 11.1. The SMILES string of the molecule is CCOC(=O)c1ccsc1NS(=O)(=O)c1ccc(Br)cc1. The highest BCUT2D eigenvalue weighted by Crippen LogP contribution is 2.27. The lowest BCUT2D eigenvalue weighted by atomic mass is 10.3. The Bertz CT molecular complexity index is 738. The maximum atomic E-state index is 12.3. The summed E-state index contributed by atoms with van der Waals surface area (Å²) in [5.74, 6) is -0.549. The van der Waals surface area contributed by atoms with Crippen LogP contribution in [0.25, 0.3) is 0 Å². The molecule has 0 aliphatic carbocycles. The molecule has 0 atom stereocenters. The highest BCUT2D eigenvalue weighted by Gasteiger charge is 2.20. The molecule has 1 aromatic heterocycles. The van der Waals surface area contributed by atoms with Crippen molar-refractivity contribution in [3.05, 3.63) is 45.7 Å². The molecule has 8 heteroatoms. The van der Waals surface area contributed by atoms with E-state index in [1.807, 2.05) is 0 Å². The maximum absolute atomic E-state index is 12.3. The highest BCUT2D eigenvalue weighted by atomic mass is 79.9. The summed E-state index contributed by atoms with van der Waals surface area (Å²) in [7, 11) is -3.74. The van der Waals surface area contributed by atoms with Gasteiger partial charge < -0.3 is 4.74 Å². The third-order valence-corrected chi connectivity index (χ3v) is 5.36. The quantitative estimate of drug-likeness (QED) is 0.794. The molecular formula is C13H12BrNO4S2. The van der Waals surface area contributed by atoms with Crippen molar-refractivity contribution >= 4 is 48.3 Å². The Kier molecular flexibility index (Phi) is 5.02. The molecule has 1 N–H and O–H groups in total. The average molecular weight is 390 g/mol. The lowest BCUT2D eigenvalue weighted by Gasteiger charge is -2.08. The number of nitrogens with one attached hydrogen (secondary N) is 1. The van der Waals surface area contributed by atoms with Crippen LogP contribution >= 0.6 is 27.3 Å². The summed E-state index contributed by atoms with van der Waals surface area (Å²) in [6.07, 6.45) is 0. The molecule has 0 saturated carbocycles. The Labute approximate surface area is 135 Å². The molecule has 1 aromatic carbocycles. The molecule has 0 unspecified atom stereocenters. The molecule has 2 rings (SSSR count). The van der Waals surface area contributed by atoms with Gasteiger partial charge in [-0.05, 0) is 42.6 Å². The molecule has 112 valence electrons. The summed E-state index contributed by atoms with van der Waals surface area (Å²) in [6.45, 7) is 1.92. The average Bonchev–Trinajstić information content (AvgIpc) is 2.87. The Morgan fingerprint density at radius 1 is 1.29 bits per heavy atom. The third kappa shape index (κ3) is 3.84. The molecule has 2 aromatic rings. The number of hydrogen-bond donors (Lipinski definition) is 1. The monoisotopic (exact) mass is 389 g/mol. The van der Waals surface area contributed by atoms with Crippen LogP contribution in [0.2, 0.25) is 0 Å². The molecule has 21 heavy (non-hydrogen) atoms. The van der Waals surface area contributed by atoms with Gasteiger partial charge in [0.15, 0.2) is 0 Å². The second kappa shape index (κ2) is 6.59. The zero-order valence-corrected chi connectivity index (χ0v) is 14.2. The first kappa shape index (κ1) is 16.0. The molecule has 0 aliphatic heterocycles. The van der Waals surface area contributed by atoms with Gasteiger partial charge in [-0.1, -0.05) is 15.9 Å². The summed E-state index contributed by atoms with van der Waals surface area (Å²) < 4.78 is 32.6. The number of esters is 1. The number of benzene rings is 1. The molecule has 0 fully saturated rings. The van der Waals surface area contributed by atoms with E-state index in [0.717, 1.165) is 15.8 Å². The molecule has 5 nitrogen and oxygen atoms in total. The Balaban J connectivity index is 2.27. The molecule has 0 spiro atoms. The number of ether oxygens (including phenoxy) is 1. The minimum Gasteiger partial charge on any atom is -0.462 e. The second-order valence-electron chi connectivity index (χ2n) is 3.94. The Morgan fingerprint density at radius 3 is 2.57 bits per heavy atom. The van der Waals surface area contributed by atoms with E-state index in [0.29, 0.717) is 0 Å². The van der Waals surface area contributed by atoms with E-state index in [9.17, 15) is 13.2 Å². The molecule has 0 saturated heterocycles. The molecule has 0 radical (unpaired) electrons. The molecular weight excluding hydrogens is 378 g/mol. The first-order chi connectivity index (χ1) is 9.94. The summed E-state index contributed by atoms with van der Waals surface area (Å²) in [5, 5.41) is 1.88. The number of hydrogen-bond acceptors (Lipinski definition) is 5. The molecule has 0 amide bonds. The van der Waals surface area contributed by atoms with Crippen molar-refractivity contribution in [3.8, 4) is 0 Å². The Morgan fingerprint density at radius 2 is 1.95 bits per heavy atom. The van der Waals surface area contributed by atoms with Crippen molar-refractivity contribution in [2.75, 3.05) is 11.3 Å². The lowest BCUT2D eigenvalue weighted by Crippen LogP contribution is -2.14. The molecule has 0 aliphatic rings. The number of carbonyl (C=O) groups excluding carboxylic acids is 1. The molecule has 1 heterocycles. The summed E-state index contributed by atoms with van der Waals surface area (Å²) >= 11 is 4.37. The van der Waals surface area contributed by atoms with Crippen LogP contribution in [0.5, 0.6) is 0 Å². The van der Waals surface area contributed by atoms with Gasteiger partial charge in [0.1, 0.15) is 5.00 Å². The zero-order chi connectivity index (χ0) is 15.5. The van der Waals surface area contributed by atoms with E-state index in [1.54, 1.807) is 24.4 Å². The lowest BCUT2D eigenvalue weighted by molar-refractivity contribution is 0.0528. The fourth-order valence-corrected chi connectivity index (χ4v) is 3.92. The van der Waals surface area contributed by atoms with E-state index in [-0.39, 0.29) is 22.1 Å².